The Labute approximate surface area is 134 Å². The second-order valence-electron chi connectivity index (χ2n) is 7.22. The summed E-state index contributed by atoms with van der Waals surface area (Å²) in [6, 6.07) is 0.515. The van der Waals surface area contributed by atoms with E-state index in [1.807, 2.05) is 6.92 Å². The van der Waals surface area contributed by atoms with Crippen molar-refractivity contribution >= 4 is 29.5 Å². The molecular formula is C16H22N2OS2. The van der Waals surface area contributed by atoms with Crippen LogP contribution in [-0.2, 0) is 11.2 Å². The zero-order valence-corrected chi connectivity index (χ0v) is 14.1. The summed E-state index contributed by atoms with van der Waals surface area (Å²) in [5.74, 6) is 2.86. The average molecular weight is 322 g/mol. The third kappa shape index (κ3) is 2.59. The quantitative estimate of drug-likeness (QED) is 0.843. The molecule has 1 aromatic rings. The number of aromatic amines is 1. The lowest BCUT2D eigenvalue weighted by Crippen LogP contribution is -2.42. The number of carbonyl (C=O) groups excluding carboxylic acids is 1. The Balaban J connectivity index is 1.54. The first kappa shape index (κ1) is 13.9. The highest BCUT2D eigenvalue weighted by molar-refractivity contribution is 7.73. The molecule has 1 aromatic heterocycles. The number of aryl methyl sites for hydroxylation is 1. The summed E-state index contributed by atoms with van der Waals surface area (Å²) in [5.41, 5.74) is 1.07. The van der Waals surface area contributed by atoms with Gasteiger partial charge in [0.05, 0.1) is 6.42 Å². The molecule has 21 heavy (non-hydrogen) atoms. The molecule has 1 amide bonds. The van der Waals surface area contributed by atoms with E-state index in [-0.39, 0.29) is 0 Å². The fraction of sp³-hybridized carbons (Fsp3) is 0.750. The molecule has 2 atom stereocenters. The van der Waals surface area contributed by atoms with Crippen molar-refractivity contribution < 1.29 is 4.79 Å². The summed E-state index contributed by atoms with van der Waals surface area (Å²) >= 11 is 6.74. The molecule has 4 bridgehead atoms. The van der Waals surface area contributed by atoms with Crippen LogP contribution in [0.25, 0.3) is 0 Å². The predicted molar refractivity (Wildman–Crippen MR) is 87.0 cm³/mol. The zero-order valence-electron chi connectivity index (χ0n) is 12.4. The number of thiazole rings is 1. The van der Waals surface area contributed by atoms with Crippen molar-refractivity contribution in [3.05, 3.63) is 14.5 Å². The molecule has 2 aliphatic heterocycles. The minimum Gasteiger partial charge on any atom is -0.341 e. The molecule has 2 unspecified atom stereocenters. The van der Waals surface area contributed by atoms with E-state index < -0.39 is 0 Å². The molecular weight excluding hydrogens is 300 g/mol. The van der Waals surface area contributed by atoms with Gasteiger partial charge in [0.1, 0.15) is 0 Å². The molecule has 2 saturated heterocycles. The van der Waals surface area contributed by atoms with Crippen molar-refractivity contribution in [3.63, 3.8) is 0 Å². The Bertz CT molecular complexity index is 606. The van der Waals surface area contributed by atoms with Gasteiger partial charge in [0.25, 0.3) is 0 Å². The summed E-state index contributed by atoms with van der Waals surface area (Å²) < 4.78 is 0.783. The van der Waals surface area contributed by atoms with Crippen LogP contribution in [0.2, 0.25) is 0 Å². The lowest BCUT2D eigenvalue weighted by Gasteiger charge is -2.39. The van der Waals surface area contributed by atoms with E-state index in [2.05, 4.69) is 9.88 Å². The first-order valence-corrected chi connectivity index (χ1v) is 9.29. The third-order valence-electron chi connectivity index (χ3n) is 5.66. The van der Waals surface area contributed by atoms with Gasteiger partial charge in [-0.05, 0) is 69.0 Å². The van der Waals surface area contributed by atoms with Crippen molar-refractivity contribution in [2.45, 2.75) is 51.5 Å². The van der Waals surface area contributed by atoms with Crippen molar-refractivity contribution in [3.8, 4) is 0 Å². The van der Waals surface area contributed by atoms with Gasteiger partial charge in [-0.3, -0.25) is 4.79 Å². The molecule has 0 aromatic carbocycles. The summed E-state index contributed by atoms with van der Waals surface area (Å²) in [6.45, 7) is 3.02. The maximum Gasteiger partial charge on any atom is 0.228 e. The highest BCUT2D eigenvalue weighted by atomic mass is 32.1. The molecule has 0 radical (unpaired) electrons. The average Bonchev–Trinajstić information content (AvgIpc) is 2.59. The van der Waals surface area contributed by atoms with Gasteiger partial charge in [-0.1, -0.05) is 0 Å². The lowest BCUT2D eigenvalue weighted by molar-refractivity contribution is -0.133. The van der Waals surface area contributed by atoms with Crippen LogP contribution in [0, 0.1) is 28.6 Å². The number of fused-ring (bicyclic) bond motifs is 1. The molecule has 5 heteroatoms. The predicted octanol–water partition coefficient (Wildman–Crippen LogP) is 3.69. The van der Waals surface area contributed by atoms with Gasteiger partial charge in [-0.2, -0.15) is 0 Å². The monoisotopic (exact) mass is 322 g/mol. The van der Waals surface area contributed by atoms with Gasteiger partial charge in [0.15, 0.2) is 3.95 Å². The molecule has 5 rings (SSSR count). The largest absolute Gasteiger partial charge is 0.341 e. The topological polar surface area (TPSA) is 36.1 Å². The second kappa shape index (κ2) is 5.20. The summed E-state index contributed by atoms with van der Waals surface area (Å²) in [6.07, 6.45) is 7.18. The first-order valence-electron chi connectivity index (χ1n) is 8.06. The number of hydrogen-bond donors (Lipinski definition) is 1. The number of hydrogen-bond acceptors (Lipinski definition) is 3. The number of rotatable bonds is 2. The number of nitrogens with zero attached hydrogens (tertiary/aromatic N) is 1. The van der Waals surface area contributed by atoms with Gasteiger partial charge < -0.3 is 9.88 Å². The van der Waals surface area contributed by atoms with Crippen molar-refractivity contribution in [2.75, 3.05) is 6.54 Å². The molecule has 4 aliphatic rings. The van der Waals surface area contributed by atoms with Gasteiger partial charge in [-0.25, -0.2) is 0 Å². The number of nitrogens with one attached hydrogen (secondary N) is 1. The molecule has 114 valence electrons. The minimum absolute atomic E-state index is 0.321. The van der Waals surface area contributed by atoms with Crippen LogP contribution in [0.15, 0.2) is 0 Å². The van der Waals surface area contributed by atoms with Crippen LogP contribution in [0.5, 0.6) is 0 Å². The Morgan fingerprint density at radius 1 is 1.24 bits per heavy atom. The Morgan fingerprint density at radius 2 is 1.90 bits per heavy atom. The number of carbonyl (C=O) groups is 1. The molecule has 0 spiro atoms. The molecule has 3 heterocycles. The van der Waals surface area contributed by atoms with E-state index in [1.54, 1.807) is 11.3 Å². The van der Waals surface area contributed by atoms with E-state index in [9.17, 15) is 4.79 Å². The number of amides is 1. The van der Waals surface area contributed by atoms with Crippen LogP contribution in [0.1, 0.15) is 42.7 Å². The Morgan fingerprint density at radius 3 is 2.52 bits per heavy atom. The van der Waals surface area contributed by atoms with Gasteiger partial charge in [0, 0.05) is 23.2 Å². The summed E-state index contributed by atoms with van der Waals surface area (Å²) in [4.78, 5) is 19.3. The lowest BCUT2D eigenvalue weighted by atomic mass is 9.68. The fourth-order valence-corrected chi connectivity index (χ4v) is 6.22. The second-order valence-corrected chi connectivity index (χ2v) is 8.99. The normalized spacial score (nSPS) is 34.2. The van der Waals surface area contributed by atoms with E-state index in [0.717, 1.165) is 38.8 Å². The third-order valence-corrected chi connectivity index (χ3v) is 7.00. The first-order chi connectivity index (χ1) is 10.1. The van der Waals surface area contributed by atoms with Crippen molar-refractivity contribution in [2.24, 2.45) is 17.8 Å². The maximum absolute atomic E-state index is 12.8. The standard InChI is InChI=1S/C16H22N2OS2/c1-9-14(21-16(20)17-9)7-15(19)18-8-12-3-10-2-11(4-12)6-13(18)5-10/h10-13H,2-8H2,1H3,(H,17,20). The van der Waals surface area contributed by atoms with Crippen molar-refractivity contribution in [1.29, 1.82) is 0 Å². The number of H-pyrrole nitrogens is 1. The van der Waals surface area contributed by atoms with E-state index in [4.69, 9.17) is 12.2 Å². The van der Waals surface area contributed by atoms with Crippen LogP contribution in [0.3, 0.4) is 0 Å². The van der Waals surface area contributed by atoms with Gasteiger partial charge >= 0.3 is 0 Å². The zero-order chi connectivity index (χ0) is 14.6. The summed E-state index contributed by atoms with van der Waals surface area (Å²) in [5, 5.41) is 0. The molecule has 2 aliphatic carbocycles. The molecule has 4 fully saturated rings. The van der Waals surface area contributed by atoms with Crippen LogP contribution in [0.4, 0.5) is 0 Å². The molecule has 2 saturated carbocycles. The highest BCUT2D eigenvalue weighted by Gasteiger charge is 2.43. The smallest absolute Gasteiger partial charge is 0.228 e. The van der Waals surface area contributed by atoms with E-state index in [0.29, 0.717) is 18.4 Å². The van der Waals surface area contributed by atoms with Gasteiger partial charge in [0.2, 0.25) is 5.91 Å². The molecule has 1 N–H and O–H groups in total. The van der Waals surface area contributed by atoms with E-state index >= 15 is 0 Å². The SMILES string of the molecule is Cc1[nH]c(=S)sc1CC(=O)N1CC2CC3CC(C2)CC1C3. The number of aromatic nitrogens is 1. The minimum atomic E-state index is 0.321. The van der Waals surface area contributed by atoms with Crippen LogP contribution >= 0.6 is 23.6 Å². The summed E-state index contributed by atoms with van der Waals surface area (Å²) in [7, 11) is 0. The van der Waals surface area contributed by atoms with Crippen LogP contribution < -0.4 is 0 Å². The fourth-order valence-electron chi connectivity index (χ4n) is 4.93. The van der Waals surface area contributed by atoms with E-state index in [1.165, 1.54) is 32.1 Å². The Kier molecular flexibility index (Phi) is 3.45. The van der Waals surface area contributed by atoms with Gasteiger partial charge in [-0.15, -0.1) is 11.3 Å². The molecule has 3 nitrogen and oxygen atoms in total. The highest BCUT2D eigenvalue weighted by Crippen LogP contribution is 2.47. The Hall–Kier alpha value is -0.680. The van der Waals surface area contributed by atoms with Crippen LogP contribution in [-0.4, -0.2) is 28.4 Å². The van der Waals surface area contributed by atoms with Crippen molar-refractivity contribution in [1.82, 2.24) is 9.88 Å². The maximum atomic E-state index is 12.8.